The average molecular weight is 264 g/mol. The highest BCUT2D eigenvalue weighted by Gasteiger charge is 2.07. The Morgan fingerprint density at radius 1 is 1.05 bits per heavy atom. The van der Waals surface area contributed by atoms with Gasteiger partial charge in [0.1, 0.15) is 5.75 Å². The Kier molecular flexibility index (Phi) is 3.21. The lowest BCUT2D eigenvalue weighted by Gasteiger charge is -2.00. The van der Waals surface area contributed by atoms with E-state index < -0.39 is 0 Å². The van der Waals surface area contributed by atoms with Gasteiger partial charge in [0.05, 0.1) is 7.11 Å². The highest BCUT2D eigenvalue weighted by Crippen LogP contribution is 2.22. The average Bonchev–Trinajstić information content (AvgIpc) is 2.97. The summed E-state index contributed by atoms with van der Waals surface area (Å²) in [5, 5.41) is 7.21. The molecule has 0 unspecified atom stereocenters. The summed E-state index contributed by atoms with van der Waals surface area (Å²) in [6.45, 7) is 3.91. The van der Waals surface area contributed by atoms with Crippen LogP contribution < -0.4 is 4.74 Å². The molecular formula is C16H14N3O. The number of nitrogens with zero attached hydrogens (tertiary/aromatic N) is 2. The lowest BCUT2D eigenvalue weighted by Crippen LogP contribution is -1.84. The van der Waals surface area contributed by atoms with E-state index >= 15 is 0 Å². The fraction of sp³-hybridized carbons (Fsp3) is 0.0625. The Morgan fingerprint density at radius 2 is 1.85 bits per heavy atom. The van der Waals surface area contributed by atoms with Gasteiger partial charge in [0.25, 0.3) is 0 Å². The first-order valence-electron chi connectivity index (χ1n) is 6.25. The van der Waals surface area contributed by atoms with E-state index in [9.17, 15) is 0 Å². The van der Waals surface area contributed by atoms with Crippen molar-refractivity contribution in [3.05, 3.63) is 61.0 Å². The minimum absolute atomic E-state index is 0.668. The molecule has 0 spiro atoms. The van der Waals surface area contributed by atoms with Crippen LogP contribution in [0.15, 0.2) is 48.5 Å². The molecule has 2 aromatic carbocycles. The van der Waals surface area contributed by atoms with Crippen LogP contribution in [0.5, 0.6) is 5.75 Å². The number of hydrogen-bond acceptors (Lipinski definition) is 3. The molecule has 0 aliphatic rings. The first-order chi connectivity index (χ1) is 9.76. The number of rotatable bonds is 3. The number of aromatic amines is 1. The van der Waals surface area contributed by atoms with Crippen LogP contribution in [0, 0.1) is 6.92 Å². The minimum Gasteiger partial charge on any atom is -0.497 e. The second-order valence-electron chi connectivity index (χ2n) is 4.44. The predicted octanol–water partition coefficient (Wildman–Crippen LogP) is 3.33. The zero-order valence-electron chi connectivity index (χ0n) is 11.1. The predicted molar refractivity (Wildman–Crippen MR) is 78.3 cm³/mol. The molecule has 4 nitrogen and oxygen atoms in total. The summed E-state index contributed by atoms with van der Waals surface area (Å²) in [4.78, 5) is 4.51. The summed E-state index contributed by atoms with van der Waals surface area (Å²) in [7, 11) is 1.65. The molecule has 0 atom stereocenters. The molecule has 3 aromatic rings. The fourth-order valence-electron chi connectivity index (χ4n) is 1.98. The zero-order chi connectivity index (χ0) is 13.9. The summed E-state index contributed by atoms with van der Waals surface area (Å²) in [5.41, 5.74) is 2.86. The van der Waals surface area contributed by atoms with Gasteiger partial charge in [-0.25, -0.2) is 4.98 Å². The minimum atomic E-state index is 0.668. The monoisotopic (exact) mass is 264 g/mol. The van der Waals surface area contributed by atoms with E-state index in [2.05, 4.69) is 22.1 Å². The van der Waals surface area contributed by atoms with E-state index in [-0.39, 0.29) is 0 Å². The van der Waals surface area contributed by atoms with Crippen molar-refractivity contribution in [1.82, 2.24) is 15.2 Å². The molecule has 0 fully saturated rings. The molecule has 0 bridgehead atoms. The van der Waals surface area contributed by atoms with Crippen LogP contribution in [0.3, 0.4) is 0 Å². The third-order valence-electron chi connectivity index (χ3n) is 3.03. The van der Waals surface area contributed by atoms with Crippen molar-refractivity contribution in [3.8, 4) is 28.5 Å². The lowest BCUT2D eigenvalue weighted by atomic mass is 10.1. The van der Waals surface area contributed by atoms with Gasteiger partial charge in [-0.2, -0.15) is 5.10 Å². The number of aromatic nitrogens is 3. The van der Waals surface area contributed by atoms with Gasteiger partial charge in [-0.3, -0.25) is 5.10 Å². The molecule has 1 aromatic heterocycles. The normalized spacial score (nSPS) is 10.5. The lowest BCUT2D eigenvalue weighted by molar-refractivity contribution is 0.415. The van der Waals surface area contributed by atoms with Crippen molar-refractivity contribution < 1.29 is 4.74 Å². The molecule has 0 aliphatic heterocycles. The van der Waals surface area contributed by atoms with Gasteiger partial charge < -0.3 is 4.74 Å². The van der Waals surface area contributed by atoms with Gasteiger partial charge in [-0.15, -0.1) is 0 Å². The van der Waals surface area contributed by atoms with E-state index in [1.165, 1.54) is 0 Å². The quantitative estimate of drug-likeness (QED) is 0.789. The second-order valence-corrected chi connectivity index (χ2v) is 4.44. The highest BCUT2D eigenvalue weighted by molar-refractivity contribution is 5.62. The number of ether oxygens (including phenoxy) is 1. The Morgan fingerprint density at radius 3 is 2.55 bits per heavy atom. The summed E-state index contributed by atoms with van der Waals surface area (Å²) >= 11 is 0. The Hall–Kier alpha value is -2.62. The molecule has 4 heteroatoms. The third kappa shape index (κ3) is 2.40. The molecule has 99 valence electrons. The summed E-state index contributed by atoms with van der Waals surface area (Å²) in [6, 6.07) is 15.5. The maximum absolute atomic E-state index is 5.14. The first kappa shape index (κ1) is 12.4. The number of benzene rings is 2. The van der Waals surface area contributed by atoms with Crippen LogP contribution in [-0.2, 0) is 0 Å². The molecule has 0 saturated carbocycles. The van der Waals surface area contributed by atoms with Crippen LogP contribution in [0.4, 0.5) is 0 Å². The molecule has 0 amide bonds. The maximum Gasteiger partial charge on any atom is 0.181 e. The zero-order valence-corrected chi connectivity index (χ0v) is 11.1. The number of H-pyrrole nitrogens is 1. The van der Waals surface area contributed by atoms with Gasteiger partial charge in [0.15, 0.2) is 11.6 Å². The van der Waals surface area contributed by atoms with Crippen molar-refractivity contribution in [3.63, 3.8) is 0 Å². The summed E-state index contributed by atoms with van der Waals surface area (Å²) in [5.74, 6) is 2.22. The maximum atomic E-state index is 5.14. The number of nitrogens with one attached hydrogen (secondary N) is 1. The van der Waals surface area contributed by atoms with Crippen molar-refractivity contribution in [1.29, 1.82) is 0 Å². The molecule has 1 heterocycles. The van der Waals surface area contributed by atoms with Gasteiger partial charge in [0.2, 0.25) is 0 Å². The first-order valence-corrected chi connectivity index (χ1v) is 6.25. The van der Waals surface area contributed by atoms with Crippen molar-refractivity contribution in [2.24, 2.45) is 0 Å². The third-order valence-corrected chi connectivity index (χ3v) is 3.03. The SMILES string of the molecule is [CH2]c1cccc(-c2n[nH]c(-c3ccc(OC)cc3)n2)c1. The van der Waals surface area contributed by atoms with Crippen molar-refractivity contribution >= 4 is 0 Å². The van der Waals surface area contributed by atoms with E-state index in [4.69, 9.17) is 4.74 Å². The Bertz CT molecular complexity index is 717. The highest BCUT2D eigenvalue weighted by atomic mass is 16.5. The Labute approximate surface area is 117 Å². The van der Waals surface area contributed by atoms with Gasteiger partial charge in [-0.1, -0.05) is 18.2 Å². The van der Waals surface area contributed by atoms with Crippen LogP contribution in [0.1, 0.15) is 5.56 Å². The summed E-state index contributed by atoms with van der Waals surface area (Å²) in [6.07, 6.45) is 0. The molecule has 0 aliphatic carbocycles. The van der Waals surface area contributed by atoms with Crippen LogP contribution >= 0.6 is 0 Å². The van der Waals surface area contributed by atoms with E-state index in [1.807, 2.05) is 48.5 Å². The van der Waals surface area contributed by atoms with Gasteiger partial charge in [-0.05, 0) is 42.8 Å². The Balaban J connectivity index is 1.93. The number of hydrogen-bond donors (Lipinski definition) is 1. The van der Waals surface area contributed by atoms with Crippen LogP contribution in [0.2, 0.25) is 0 Å². The van der Waals surface area contributed by atoms with Crippen LogP contribution in [0.25, 0.3) is 22.8 Å². The molecular weight excluding hydrogens is 250 g/mol. The standard InChI is InChI=1S/C16H14N3O/c1-11-4-3-5-13(10-11)16-17-15(18-19-16)12-6-8-14(20-2)9-7-12/h3-10H,1H2,2H3,(H,17,18,19). The molecule has 1 N–H and O–H groups in total. The molecule has 0 saturated heterocycles. The largest absolute Gasteiger partial charge is 0.497 e. The fourth-order valence-corrected chi connectivity index (χ4v) is 1.98. The molecule has 20 heavy (non-hydrogen) atoms. The van der Waals surface area contributed by atoms with E-state index in [0.29, 0.717) is 5.82 Å². The number of methoxy groups -OCH3 is 1. The topological polar surface area (TPSA) is 50.8 Å². The van der Waals surface area contributed by atoms with Gasteiger partial charge >= 0.3 is 0 Å². The van der Waals surface area contributed by atoms with Crippen LogP contribution in [-0.4, -0.2) is 22.3 Å². The molecule has 1 radical (unpaired) electrons. The van der Waals surface area contributed by atoms with Gasteiger partial charge in [0, 0.05) is 11.1 Å². The molecule has 3 rings (SSSR count). The van der Waals surface area contributed by atoms with Crippen molar-refractivity contribution in [2.75, 3.05) is 7.11 Å². The van der Waals surface area contributed by atoms with E-state index in [0.717, 1.165) is 28.3 Å². The van der Waals surface area contributed by atoms with Crippen molar-refractivity contribution in [2.45, 2.75) is 0 Å². The summed E-state index contributed by atoms with van der Waals surface area (Å²) < 4.78 is 5.14. The van der Waals surface area contributed by atoms with E-state index in [1.54, 1.807) is 7.11 Å². The smallest absolute Gasteiger partial charge is 0.181 e. The second kappa shape index (κ2) is 5.17.